The summed E-state index contributed by atoms with van der Waals surface area (Å²) >= 11 is 0. The van der Waals surface area contributed by atoms with Gasteiger partial charge in [-0.15, -0.1) is 0 Å². The van der Waals surface area contributed by atoms with Crippen molar-refractivity contribution in [3.05, 3.63) is 59.7 Å². The predicted molar refractivity (Wildman–Crippen MR) is 109 cm³/mol. The zero-order valence-electron chi connectivity index (χ0n) is 16.6. The Hall–Kier alpha value is -2.86. The van der Waals surface area contributed by atoms with Gasteiger partial charge in [-0.05, 0) is 49.5 Å². The van der Waals surface area contributed by atoms with Crippen LogP contribution in [0, 0.1) is 12.0 Å². The number of nitrogens with zero attached hydrogens (tertiary/aromatic N) is 2. The highest BCUT2D eigenvalue weighted by Crippen LogP contribution is 2.25. The molecule has 0 saturated carbocycles. The molecule has 0 fully saturated rings. The Morgan fingerprint density at radius 1 is 1.10 bits per heavy atom. The number of carbonyl (C=O) groups is 1. The van der Waals surface area contributed by atoms with Crippen molar-refractivity contribution in [3.8, 4) is 17.8 Å². The molecule has 0 aliphatic heterocycles. The summed E-state index contributed by atoms with van der Waals surface area (Å²) in [5, 5.41) is 10.4. The zero-order valence-corrected chi connectivity index (χ0v) is 17.4. The van der Waals surface area contributed by atoms with E-state index in [2.05, 4.69) is 12.0 Å². The van der Waals surface area contributed by atoms with Gasteiger partial charge in [0.25, 0.3) is 0 Å². The van der Waals surface area contributed by atoms with Crippen LogP contribution in [0.4, 0.5) is 0 Å². The average molecular weight is 416 g/mol. The van der Waals surface area contributed by atoms with Crippen molar-refractivity contribution >= 4 is 16.2 Å². The monoisotopic (exact) mass is 416 g/mol. The molecule has 1 amide bonds. The van der Waals surface area contributed by atoms with E-state index in [0.717, 1.165) is 12.1 Å². The Balaban J connectivity index is 2.26. The van der Waals surface area contributed by atoms with E-state index in [4.69, 9.17) is 4.74 Å². The normalized spacial score (nSPS) is 12.0. The first kappa shape index (κ1) is 22.4. The van der Waals surface area contributed by atoms with Crippen molar-refractivity contribution in [2.45, 2.75) is 24.4 Å². The van der Waals surface area contributed by atoms with E-state index < -0.39 is 21.6 Å². The lowest BCUT2D eigenvalue weighted by Crippen LogP contribution is -2.30. The zero-order chi connectivity index (χ0) is 21.4. The van der Waals surface area contributed by atoms with Gasteiger partial charge in [-0.1, -0.05) is 30.2 Å². The SMILES string of the molecule is CC#COc1ccc(S(=O)(=O)CC(c2ccc(CN(C)C)cc2)N(O)C=O)cc1. The van der Waals surface area contributed by atoms with Crippen molar-refractivity contribution in [3.63, 3.8) is 0 Å². The molecule has 0 heterocycles. The minimum Gasteiger partial charge on any atom is -0.408 e. The molecule has 0 aliphatic rings. The molecule has 0 saturated heterocycles. The van der Waals surface area contributed by atoms with E-state index in [1.807, 2.05) is 31.1 Å². The van der Waals surface area contributed by atoms with Crippen LogP contribution in [0.1, 0.15) is 24.1 Å². The number of sulfone groups is 1. The molecule has 0 aromatic heterocycles. The Morgan fingerprint density at radius 3 is 2.24 bits per heavy atom. The number of rotatable bonds is 9. The van der Waals surface area contributed by atoms with Gasteiger partial charge in [0.1, 0.15) is 11.9 Å². The van der Waals surface area contributed by atoms with Gasteiger partial charge in [0, 0.05) is 13.5 Å². The van der Waals surface area contributed by atoms with Gasteiger partial charge >= 0.3 is 0 Å². The maximum absolute atomic E-state index is 12.8. The molecule has 7 nitrogen and oxygen atoms in total. The number of hydroxylamine groups is 2. The van der Waals surface area contributed by atoms with E-state index in [0.29, 0.717) is 16.4 Å². The van der Waals surface area contributed by atoms with Crippen LogP contribution in [0.2, 0.25) is 0 Å². The minimum atomic E-state index is -3.79. The third kappa shape index (κ3) is 6.32. The summed E-state index contributed by atoms with van der Waals surface area (Å²) in [7, 11) is 0.0920. The van der Waals surface area contributed by atoms with Gasteiger partial charge in [-0.2, -0.15) is 0 Å². The van der Waals surface area contributed by atoms with Crippen molar-refractivity contribution in [2.75, 3.05) is 19.8 Å². The van der Waals surface area contributed by atoms with Crippen LogP contribution in [0.25, 0.3) is 0 Å². The van der Waals surface area contributed by atoms with Crippen LogP contribution < -0.4 is 4.74 Å². The summed E-state index contributed by atoms with van der Waals surface area (Å²) in [6.07, 6.45) is 2.64. The summed E-state index contributed by atoms with van der Waals surface area (Å²) in [5.41, 5.74) is 1.55. The van der Waals surface area contributed by atoms with Crippen LogP contribution in [0.3, 0.4) is 0 Å². The third-order valence-corrected chi connectivity index (χ3v) is 5.87. The smallest absolute Gasteiger partial charge is 0.233 e. The number of benzene rings is 2. The second-order valence-corrected chi connectivity index (χ2v) is 8.72. The number of ether oxygens (including phenoxy) is 1. The topological polar surface area (TPSA) is 87.2 Å². The molecule has 2 aromatic rings. The molecule has 2 rings (SSSR count). The largest absolute Gasteiger partial charge is 0.408 e. The maximum atomic E-state index is 12.8. The molecule has 29 heavy (non-hydrogen) atoms. The van der Waals surface area contributed by atoms with Crippen molar-refractivity contribution < 1.29 is 23.2 Å². The van der Waals surface area contributed by atoms with Gasteiger partial charge in [0.2, 0.25) is 6.41 Å². The number of amides is 1. The fourth-order valence-electron chi connectivity index (χ4n) is 2.74. The lowest BCUT2D eigenvalue weighted by atomic mass is 10.1. The summed E-state index contributed by atoms with van der Waals surface area (Å²) in [6.45, 7) is 2.34. The quantitative estimate of drug-likeness (QED) is 0.292. The van der Waals surface area contributed by atoms with E-state index in [-0.39, 0.29) is 11.3 Å². The molecule has 0 aliphatic carbocycles. The first-order chi connectivity index (χ1) is 13.8. The molecule has 0 spiro atoms. The van der Waals surface area contributed by atoms with E-state index in [1.54, 1.807) is 19.1 Å². The Bertz CT molecular complexity index is 974. The number of carbonyl (C=O) groups excluding carboxylic acids is 1. The van der Waals surface area contributed by atoms with Gasteiger partial charge in [-0.3, -0.25) is 10.0 Å². The van der Waals surface area contributed by atoms with Crippen LogP contribution >= 0.6 is 0 Å². The van der Waals surface area contributed by atoms with Gasteiger partial charge in [-0.25, -0.2) is 13.5 Å². The van der Waals surface area contributed by atoms with Crippen LogP contribution in [0.5, 0.6) is 5.75 Å². The second-order valence-electron chi connectivity index (χ2n) is 6.69. The van der Waals surface area contributed by atoms with E-state index in [9.17, 15) is 18.4 Å². The van der Waals surface area contributed by atoms with Gasteiger partial charge in [0.15, 0.2) is 9.84 Å². The third-order valence-electron chi connectivity index (χ3n) is 4.12. The van der Waals surface area contributed by atoms with Crippen LogP contribution in [-0.4, -0.2) is 49.8 Å². The fourth-order valence-corrected chi connectivity index (χ4v) is 4.24. The molecule has 0 bridgehead atoms. The molecule has 1 N–H and O–H groups in total. The predicted octanol–water partition coefficient (Wildman–Crippen LogP) is 2.47. The molecule has 2 aromatic carbocycles. The molecule has 1 unspecified atom stereocenters. The second kappa shape index (κ2) is 10.1. The first-order valence-corrected chi connectivity index (χ1v) is 10.5. The summed E-state index contributed by atoms with van der Waals surface area (Å²) in [6, 6.07) is 11.9. The first-order valence-electron chi connectivity index (χ1n) is 8.84. The lowest BCUT2D eigenvalue weighted by Gasteiger charge is -2.23. The maximum Gasteiger partial charge on any atom is 0.233 e. The highest BCUT2D eigenvalue weighted by Gasteiger charge is 2.27. The van der Waals surface area contributed by atoms with Gasteiger partial charge in [0.05, 0.1) is 16.7 Å². The summed E-state index contributed by atoms with van der Waals surface area (Å²) < 4.78 is 30.8. The highest BCUT2D eigenvalue weighted by atomic mass is 32.2. The molecular formula is C21H24N2O5S. The van der Waals surface area contributed by atoms with Crippen molar-refractivity contribution in [1.29, 1.82) is 0 Å². The van der Waals surface area contributed by atoms with Crippen LogP contribution in [0.15, 0.2) is 53.4 Å². The van der Waals surface area contributed by atoms with Crippen molar-refractivity contribution in [1.82, 2.24) is 9.96 Å². The Morgan fingerprint density at radius 2 is 1.72 bits per heavy atom. The fraction of sp³-hybridized carbons (Fsp3) is 0.286. The molecular weight excluding hydrogens is 392 g/mol. The van der Waals surface area contributed by atoms with E-state index in [1.165, 1.54) is 24.3 Å². The van der Waals surface area contributed by atoms with Crippen LogP contribution in [-0.2, 0) is 21.2 Å². The number of hydrogen-bond donors (Lipinski definition) is 1. The standard InChI is InChI=1S/C21H24N2O5S/c1-4-13-28-19-9-11-20(12-10-19)29(26,27)15-21(23(25)16-24)18-7-5-17(6-8-18)14-22(2)3/h5-12,16,21,25H,14-15H2,1-3H3. The van der Waals surface area contributed by atoms with Crippen molar-refractivity contribution in [2.24, 2.45) is 0 Å². The highest BCUT2D eigenvalue weighted by molar-refractivity contribution is 7.91. The Kier molecular flexibility index (Phi) is 7.79. The molecule has 8 heteroatoms. The van der Waals surface area contributed by atoms with Gasteiger partial charge < -0.3 is 9.64 Å². The Labute approximate surface area is 171 Å². The molecule has 0 radical (unpaired) electrons. The molecule has 154 valence electrons. The summed E-state index contributed by atoms with van der Waals surface area (Å²) in [4.78, 5) is 13.2. The average Bonchev–Trinajstić information content (AvgIpc) is 2.70. The molecule has 1 atom stereocenters. The van der Waals surface area contributed by atoms with E-state index >= 15 is 0 Å². The minimum absolute atomic E-state index is 0.0582. The number of hydrogen-bond acceptors (Lipinski definition) is 6. The summed E-state index contributed by atoms with van der Waals surface area (Å²) in [5.74, 6) is 2.53. The lowest BCUT2D eigenvalue weighted by molar-refractivity contribution is -0.158.